The monoisotopic (exact) mass is 423 g/mol. The van der Waals surface area contributed by atoms with E-state index in [4.69, 9.17) is 12.2 Å². The Balaban J connectivity index is 1.58. The summed E-state index contributed by atoms with van der Waals surface area (Å²) in [6, 6.07) is 19.9. The number of halogens is 1. The molecular weight excluding hydrogens is 401 g/mol. The number of hydrogen-bond acceptors (Lipinski definition) is 4. The first-order chi connectivity index (χ1) is 14.5. The van der Waals surface area contributed by atoms with E-state index in [0.29, 0.717) is 24.0 Å². The zero-order valence-electron chi connectivity index (χ0n) is 16.1. The largest absolute Gasteiger partial charge is 0.508 e. The normalized spacial score (nSPS) is 19.4. The maximum Gasteiger partial charge on any atom is 0.124 e. The highest BCUT2D eigenvalue weighted by atomic mass is 32.1. The van der Waals surface area contributed by atoms with E-state index < -0.39 is 6.10 Å². The fourth-order valence-corrected chi connectivity index (χ4v) is 4.50. The van der Waals surface area contributed by atoms with Crippen molar-refractivity contribution in [1.29, 1.82) is 0 Å². The SMILES string of the molecule is Oc1ccc([C@@H]2[C@@H](CC[C@H](O)c3ccc(F)cc3)C(=S)N2c2ccccc2)c(O)c1. The van der Waals surface area contributed by atoms with Gasteiger partial charge in [-0.3, -0.25) is 0 Å². The van der Waals surface area contributed by atoms with Crippen molar-refractivity contribution in [2.45, 2.75) is 25.0 Å². The summed E-state index contributed by atoms with van der Waals surface area (Å²) in [4.78, 5) is 2.74. The van der Waals surface area contributed by atoms with Crippen LogP contribution in [-0.4, -0.2) is 20.3 Å². The van der Waals surface area contributed by atoms with Crippen molar-refractivity contribution >= 4 is 22.9 Å². The van der Waals surface area contributed by atoms with Gasteiger partial charge in [0.15, 0.2) is 0 Å². The highest BCUT2D eigenvalue weighted by molar-refractivity contribution is 7.80. The molecule has 0 aromatic heterocycles. The third kappa shape index (κ3) is 3.88. The second-order valence-electron chi connectivity index (χ2n) is 7.48. The summed E-state index contributed by atoms with van der Waals surface area (Å²) in [5, 5.41) is 30.7. The Kier molecular flexibility index (Phi) is 5.70. The van der Waals surface area contributed by atoms with Crippen LogP contribution in [0, 0.1) is 11.7 Å². The number of para-hydroxylation sites is 1. The quantitative estimate of drug-likeness (QED) is 0.472. The molecule has 0 aliphatic carbocycles. The molecule has 0 saturated carbocycles. The van der Waals surface area contributed by atoms with E-state index in [1.165, 1.54) is 18.2 Å². The van der Waals surface area contributed by atoms with Crippen molar-refractivity contribution in [3.8, 4) is 11.5 Å². The Morgan fingerprint density at radius 1 is 0.967 bits per heavy atom. The van der Waals surface area contributed by atoms with Gasteiger partial charge in [-0.05, 0) is 54.8 Å². The highest BCUT2D eigenvalue weighted by Gasteiger charge is 2.46. The van der Waals surface area contributed by atoms with Gasteiger partial charge in [0.2, 0.25) is 0 Å². The first-order valence-corrected chi connectivity index (χ1v) is 10.2. The van der Waals surface area contributed by atoms with Gasteiger partial charge in [0.1, 0.15) is 17.3 Å². The van der Waals surface area contributed by atoms with Gasteiger partial charge in [-0.2, -0.15) is 0 Å². The Labute approximate surface area is 179 Å². The zero-order chi connectivity index (χ0) is 21.3. The third-order valence-electron chi connectivity index (χ3n) is 5.59. The topological polar surface area (TPSA) is 63.9 Å². The number of anilines is 1. The second kappa shape index (κ2) is 8.42. The molecule has 3 N–H and O–H groups in total. The first kappa shape index (κ1) is 20.3. The van der Waals surface area contributed by atoms with Gasteiger partial charge in [-0.15, -0.1) is 0 Å². The number of phenols is 2. The molecule has 0 unspecified atom stereocenters. The number of rotatable bonds is 6. The fourth-order valence-electron chi connectivity index (χ4n) is 4.03. The molecule has 1 fully saturated rings. The van der Waals surface area contributed by atoms with Gasteiger partial charge in [-0.25, -0.2) is 4.39 Å². The molecule has 3 aromatic carbocycles. The van der Waals surface area contributed by atoms with E-state index in [2.05, 4.69) is 0 Å². The number of nitrogens with zero attached hydrogens (tertiary/aromatic N) is 1. The number of thiocarbonyl (C=S) groups is 1. The predicted octanol–water partition coefficient (Wildman–Crippen LogP) is 5.26. The number of hydrogen-bond donors (Lipinski definition) is 3. The molecule has 1 saturated heterocycles. The molecule has 1 aliphatic rings. The molecule has 154 valence electrons. The molecule has 3 atom stereocenters. The molecule has 1 aliphatic heterocycles. The van der Waals surface area contributed by atoms with E-state index in [1.807, 2.05) is 35.2 Å². The average molecular weight is 424 g/mol. The molecule has 0 spiro atoms. The van der Waals surface area contributed by atoms with Crippen molar-refractivity contribution in [3.05, 3.63) is 89.7 Å². The maximum atomic E-state index is 13.1. The lowest BCUT2D eigenvalue weighted by molar-refractivity contribution is 0.157. The van der Waals surface area contributed by atoms with Crippen molar-refractivity contribution in [1.82, 2.24) is 0 Å². The molecule has 0 bridgehead atoms. The van der Waals surface area contributed by atoms with E-state index in [1.54, 1.807) is 24.3 Å². The Morgan fingerprint density at radius 2 is 1.67 bits per heavy atom. The second-order valence-corrected chi connectivity index (χ2v) is 7.90. The van der Waals surface area contributed by atoms with Crippen LogP contribution in [-0.2, 0) is 0 Å². The molecule has 6 heteroatoms. The summed E-state index contributed by atoms with van der Waals surface area (Å²) in [5.74, 6) is -0.404. The standard InChI is InChI=1S/C24H22FNO3S/c25-16-8-6-15(7-9-16)21(28)13-12-20-23(19-11-10-18(27)14-22(19)29)26(24(20)30)17-4-2-1-3-5-17/h1-11,14,20-21,23,27-29H,12-13H2/t20-,21+,23-/m1/s1. The summed E-state index contributed by atoms with van der Waals surface area (Å²) in [6.45, 7) is 0. The summed E-state index contributed by atoms with van der Waals surface area (Å²) in [7, 11) is 0. The third-order valence-corrected chi connectivity index (χ3v) is 6.09. The van der Waals surface area contributed by atoms with Gasteiger partial charge < -0.3 is 20.2 Å². The first-order valence-electron chi connectivity index (χ1n) is 9.79. The minimum atomic E-state index is -0.728. The summed E-state index contributed by atoms with van der Waals surface area (Å²) < 4.78 is 13.1. The van der Waals surface area contributed by atoms with Crippen molar-refractivity contribution in [2.75, 3.05) is 4.90 Å². The smallest absolute Gasteiger partial charge is 0.124 e. The van der Waals surface area contributed by atoms with Crippen LogP contribution in [0.2, 0.25) is 0 Å². The van der Waals surface area contributed by atoms with E-state index >= 15 is 0 Å². The van der Waals surface area contributed by atoms with Crippen LogP contribution in [0.15, 0.2) is 72.8 Å². The van der Waals surface area contributed by atoms with Gasteiger partial charge in [0.25, 0.3) is 0 Å². The van der Waals surface area contributed by atoms with Crippen molar-refractivity contribution < 1.29 is 19.7 Å². The summed E-state index contributed by atoms with van der Waals surface area (Å²) in [5.41, 5.74) is 2.26. The lowest BCUT2D eigenvalue weighted by Crippen LogP contribution is -2.54. The van der Waals surface area contributed by atoms with Crippen LogP contribution in [0.5, 0.6) is 11.5 Å². The highest BCUT2D eigenvalue weighted by Crippen LogP contribution is 2.49. The average Bonchev–Trinajstić information content (AvgIpc) is 2.74. The molecular formula is C24H22FNO3S. The summed E-state index contributed by atoms with van der Waals surface area (Å²) in [6.07, 6.45) is 0.327. The van der Waals surface area contributed by atoms with Crippen LogP contribution < -0.4 is 4.90 Å². The predicted molar refractivity (Wildman–Crippen MR) is 118 cm³/mol. The number of aliphatic hydroxyl groups is 1. The zero-order valence-corrected chi connectivity index (χ0v) is 17.0. The Hall–Kier alpha value is -2.96. The lowest BCUT2D eigenvalue weighted by Gasteiger charge is -2.50. The molecule has 4 rings (SSSR count). The molecule has 0 amide bonds. The molecule has 3 aromatic rings. The van der Waals surface area contributed by atoms with Crippen molar-refractivity contribution in [3.63, 3.8) is 0 Å². The maximum absolute atomic E-state index is 13.1. The summed E-state index contributed by atoms with van der Waals surface area (Å²) >= 11 is 5.70. The minimum Gasteiger partial charge on any atom is -0.508 e. The van der Waals surface area contributed by atoms with E-state index in [0.717, 1.165) is 10.7 Å². The van der Waals surface area contributed by atoms with Crippen LogP contribution in [0.25, 0.3) is 0 Å². The van der Waals surface area contributed by atoms with Gasteiger partial charge in [0.05, 0.1) is 17.1 Å². The lowest BCUT2D eigenvalue weighted by atomic mass is 9.78. The van der Waals surface area contributed by atoms with E-state index in [9.17, 15) is 19.7 Å². The molecule has 1 heterocycles. The van der Waals surface area contributed by atoms with Gasteiger partial charge >= 0.3 is 0 Å². The number of benzene rings is 3. The van der Waals surface area contributed by atoms with Crippen LogP contribution in [0.4, 0.5) is 10.1 Å². The fraction of sp³-hybridized carbons (Fsp3) is 0.208. The van der Waals surface area contributed by atoms with Gasteiger partial charge in [-0.1, -0.05) is 42.5 Å². The van der Waals surface area contributed by atoms with Crippen LogP contribution in [0.1, 0.15) is 36.1 Å². The van der Waals surface area contributed by atoms with Crippen LogP contribution >= 0.6 is 12.2 Å². The van der Waals surface area contributed by atoms with Gasteiger partial charge in [0, 0.05) is 23.2 Å². The molecule has 4 nitrogen and oxygen atoms in total. The van der Waals surface area contributed by atoms with Crippen molar-refractivity contribution in [2.24, 2.45) is 5.92 Å². The Bertz CT molecular complexity index is 1040. The number of aromatic hydroxyl groups is 2. The Morgan fingerprint density at radius 3 is 2.33 bits per heavy atom. The number of phenolic OH excluding ortho intramolecular Hbond substituents is 2. The number of aliphatic hydroxyl groups excluding tert-OH is 1. The molecule has 0 radical (unpaired) electrons. The van der Waals surface area contributed by atoms with Crippen LogP contribution in [0.3, 0.4) is 0 Å². The van der Waals surface area contributed by atoms with E-state index in [-0.39, 0.29) is 29.3 Å². The minimum absolute atomic E-state index is 0.00677. The molecule has 30 heavy (non-hydrogen) atoms.